The fourth-order valence-corrected chi connectivity index (χ4v) is 6.71. The molecular formula is C44H88O4. The van der Waals surface area contributed by atoms with Gasteiger partial charge in [0.25, 0.3) is 0 Å². The molecule has 0 spiro atoms. The Morgan fingerprint density at radius 1 is 0.250 bits per heavy atom. The summed E-state index contributed by atoms with van der Waals surface area (Å²) >= 11 is 0. The maximum absolute atomic E-state index is 10.4. The van der Waals surface area contributed by atoms with Crippen LogP contribution in [0.15, 0.2) is 0 Å². The monoisotopic (exact) mass is 681 g/mol. The van der Waals surface area contributed by atoms with Crippen LogP contribution < -0.4 is 0 Å². The van der Waals surface area contributed by atoms with E-state index in [1.807, 2.05) is 0 Å². The second kappa shape index (κ2) is 45.9. The summed E-state index contributed by atoms with van der Waals surface area (Å²) in [6.45, 7) is 4.57. The van der Waals surface area contributed by atoms with Crippen molar-refractivity contribution in [3.8, 4) is 0 Å². The largest absolute Gasteiger partial charge is 0.481 e. The molecule has 2 N–H and O–H groups in total. The number of hydrogen-bond acceptors (Lipinski definition) is 2. The summed E-state index contributed by atoms with van der Waals surface area (Å²) in [4.78, 5) is 20.8. The topological polar surface area (TPSA) is 74.6 Å². The molecule has 0 aromatic rings. The van der Waals surface area contributed by atoms with E-state index in [1.165, 1.54) is 218 Å². The molecule has 0 aromatic heterocycles. The highest BCUT2D eigenvalue weighted by Gasteiger charge is 1.99. The number of carbonyl (C=O) groups is 2. The van der Waals surface area contributed by atoms with Crippen molar-refractivity contribution in [2.75, 3.05) is 0 Å². The van der Waals surface area contributed by atoms with Crippen LogP contribution in [0.4, 0.5) is 0 Å². The minimum atomic E-state index is -0.651. The van der Waals surface area contributed by atoms with Crippen molar-refractivity contribution >= 4 is 11.9 Å². The Labute approximate surface area is 301 Å². The van der Waals surface area contributed by atoms with E-state index in [4.69, 9.17) is 10.2 Å². The summed E-state index contributed by atoms with van der Waals surface area (Å²) in [6.07, 6.45) is 52.2. The van der Waals surface area contributed by atoms with Gasteiger partial charge in [0.15, 0.2) is 0 Å². The van der Waals surface area contributed by atoms with E-state index in [2.05, 4.69) is 13.8 Å². The highest BCUT2D eigenvalue weighted by atomic mass is 16.4. The molecule has 0 aliphatic rings. The second-order valence-electron chi connectivity index (χ2n) is 15.0. The van der Waals surface area contributed by atoms with Crippen LogP contribution >= 0.6 is 0 Å². The zero-order valence-electron chi connectivity index (χ0n) is 33.0. The Balaban J connectivity index is 0. The van der Waals surface area contributed by atoms with Gasteiger partial charge < -0.3 is 10.2 Å². The number of carboxylic acid groups (broad SMARTS) is 2. The minimum Gasteiger partial charge on any atom is -0.481 e. The standard InChI is InChI=1S/2C22H44O2/c2*1-2-3-4-5-6-7-8-9-10-11-12-13-14-15-16-17-18-19-20-21-22(23)24/h2*2-21H2,1H3,(H,23,24). The maximum Gasteiger partial charge on any atom is 0.303 e. The van der Waals surface area contributed by atoms with Crippen LogP contribution in [-0.4, -0.2) is 22.2 Å². The van der Waals surface area contributed by atoms with Crippen LogP contribution in [-0.2, 0) is 9.59 Å². The van der Waals surface area contributed by atoms with E-state index in [9.17, 15) is 9.59 Å². The fourth-order valence-electron chi connectivity index (χ4n) is 6.71. The van der Waals surface area contributed by atoms with Crippen LogP contribution in [0.3, 0.4) is 0 Å². The van der Waals surface area contributed by atoms with Gasteiger partial charge in [-0.3, -0.25) is 9.59 Å². The fraction of sp³-hybridized carbons (Fsp3) is 0.955. The van der Waals surface area contributed by atoms with Crippen molar-refractivity contribution in [1.82, 2.24) is 0 Å². The van der Waals surface area contributed by atoms with Gasteiger partial charge in [-0.2, -0.15) is 0 Å². The van der Waals surface area contributed by atoms with E-state index in [0.29, 0.717) is 12.8 Å². The quantitative estimate of drug-likeness (QED) is 0.0632. The number of aliphatic carboxylic acids is 2. The van der Waals surface area contributed by atoms with Crippen molar-refractivity contribution in [1.29, 1.82) is 0 Å². The van der Waals surface area contributed by atoms with E-state index in [0.717, 1.165) is 25.7 Å². The molecule has 0 rings (SSSR count). The van der Waals surface area contributed by atoms with Crippen molar-refractivity contribution in [3.05, 3.63) is 0 Å². The van der Waals surface area contributed by atoms with E-state index in [-0.39, 0.29) is 0 Å². The SMILES string of the molecule is CCCCCCCCCCCCCCCCCCCCCC(=O)O.CCCCCCCCCCCCCCCCCCCCCC(=O)O. The second-order valence-corrected chi connectivity index (χ2v) is 15.0. The lowest BCUT2D eigenvalue weighted by Gasteiger charge is -2.03. The lowest BCUT2D eigenvalue weighted by molar-refractivity contribution is -0.138. The van der Waals surface area contributed by atoms with E-state index < -0.39 is 11.9 Å². The minimum absolute atomic E-state index is 0.346. The van der Waals surface area contributed by atoms with Crippen molar-refractivity contribution in [2.24, 2.45) is 0 Å². The Morgan fingerprint density at radius 3 is 0.500 bits per heavy atom. The van der Waals surface area contributed by atoms with Gasteiger partial charge in [-0.05, 0) is 12.8 Å². The predicted octanol–water partition coefficient (Wildman–Crippen LogP) is 15.8. The van der Waals surface area contributed by atoms with Gasteiger partial charge in [-0.15, -0.1) is 0 Å². The number of unbranched alkanes of at least 4 members (excludes halogenated alkanes) is 36. The summed E-state index contributed by atoms with van der Waals surface area (Å²) in [5, 5.41) is 17.1. The molecule has 0 amide bonds. The van der Waals surface area contributed by atoms with Crippen LogP contribution in [0.25, 0.3) is 0 Å². The highest BCUT2D eigenvalue weighted by Crippen LogP contribution is 2.16. The van der Waals surface area contributed by atoms with Crippen LogP contribution in [0, 0.1) is 0 Å². The molecule has 48 heavy (non-hydrogen) atoms. The highest BCUT2D eigenvalue weighted by molar-refractivity contribution is 5.66. The van der Waals surface area contributed by atoms with Gasteiger partial charge in [0.2, 0.25) is 0 Å². The third-order valence-electron chi connectivity index (χ3n) is 9.99. The average Bonchev–Trinajstić information content (AvgIpc) is 3.07. The average molecular weight is 681 g/mol. The Morgan fingerprint density at radius 2 is 0.375 bits per heavy atom. The number of carboxylic acids is 2. The molecule has 288 valence electrons. The summed E-state index contributed by atoms with van der Waals surface area (Å²) in [6, 6.07) is 0. The first-order chi connectivity index (χ1) is 23.5. The van der Waals surface area contributed by atoms with Gasteiger partial charge in [-0.25, -0.2) is 0 Å². The molecule has 0 heterocycles. The van der Waals surface area contributed by atoms with Crippen molar-refractivity contribution in [2.45, 2.75) is 271 Å². The molecule has 0 bridgehead atoms. The molecule has 0 saturated heterocycles. The molecule has 0 fully saturated rings. The molecule has 0 aromatic carbocycles. The van der Waals surface area contributed by atoms with Gasteiger partial charge in [0.1, 0.15) is 0 Å². The number of hydrogen-bond donors (Lipinski definition) is 2. The van der Waals surface area contributed by atoms with E-state index in [1.54, 1.807) is 0 Å². The molecule has 0 atom stereocenters. The zero-order chi connectivity index (χ0) is 35.4. The van der Waals surface area contributed by atoms with Gasteiger partial charge in [-0.1, -0.05) is 245 Å². The summed E-state index contributed by atoms with van der Waals surface area (Å²) < 4.78 is 0. The third kappa shape index (κ3) is 51.8. The Hall–Kier alpha value is -1.06. The molecule has 4 heteroatoms. The molecule has 0 aliphatic carbocycles. The molecule has 0 radical (unpaired) electrons. The predicted molar refractivity (Wildman–Crippen MR) is 211 cm³/mol. The van der Waals surface area contributed by atoms with Crippen molar-refractivity contribution in [3.63, 3.8) is 0 Å². The zero-order valence-corrected chi connectivity index (χ0v) is 33.0. The maximum atomic E-state index is 10.4. The smallest absolute Gasteiger partial charge is 0.303 e. The molecule has 0 saturated carbocycles. The molecular weight excluding hydrogens is 592 g/mol. The summed E-state index contributed by atoms with van der Waals surface area (Å²) in [5.74, 6) is -1.30. The molecule has 0 aliphatic heterocycles. The molecule has 4 nitrogen and oxygen atoms in total. The third-order valence-corrected chi connectivity index (χ3v) is 9.99. The van der Waals surface area contributed by atoms with E-state index >= 15 is 0 Å². The summed E-state index contributed by atoms with van der Waals surface area (Å²) in [7, 11) is 0. The van der Waals surface area contributed by atoms with Crippen LogP contribution in [0.2, 0.25) is 0 Å². The van der Waals surface area contributed by atoms with Gasteiger partial charge in [0.05, 0.1) is 0 Å². The first-order valence-corrected chi connectivity index (χ1v) is 22.0. The van der Waals surface area contributed by atoms with Crippen molar-refractivity contribution < 1.29 is 19.8 Å². The lowest BCUT2D eigenvalue weighted by Crippen LogP contribution is -1.93. The first-order valence-electron chi connectivity index (χ1n) is 22.0. The summed E-state index contributed by atoms with van der Waals surface area (Å²) in [5.41, 5.74) is 0. The van der Waals surface area contributed by atoms with Crippen LogP contribution in [0.5, 0.6) is 0 Å². The normalized spacial score (nSPS) is 11.0. The Bertz CT molecular complexity index is 553. The first kappa shape index (κ1) is 49.1. The number of rotatable bonds is 40. The van der Waals surface area contributed by atoms with Gasteiger partial charge in [0, 0.05) is 12.8 Å². The van der Waals surface area contributed by atoms with Gasteiger partial charge >= 0.3 is 11.9 Å². The molecule has 0 unspecified atom stereocenters. The lowest BCUT2D eigenvalue weighted by atomic mass is 10.0. The Kier molecular flexibility index (Phi) is 46.9. The van der Waals surface area contributed by atoms with Crippen LogP contribution in [0.1, 0.15) is 271 Å².